The number of benzene rings is 3. The van der Waals surface area contributed by atoms with Crippen LogP contribution in [0.15, 0.2) is 113 Å². The minimum Gasteiger partial charge on any atom is -0.496 e. The monoisotopic (exact) mass is 486 g/mol. The highest BCUT2D eigenvalue weighted by atomic mass is 32.2. The van der Waals surface area contributed by atoms with Crippen LogP contribution < -0.4 is 0 Å². The van der Waals surface area contributed by atoms with Crippen LogP contribution in [0.5, 0.6) is 0 Å². The fourth-order valence-electron chi connectivity index (χ4n) is 2.82. The van der Waals surface area contributed by atoms with Gasteiger partial charge in [-0.1, -0.05) is 61.7 Å². The number of hydrogen-bond acceptors (Lipinski definition) is 5. The lowest BCUT2D eigenvalue weighted by atomic mass is 10.0. The SMILES string of the molecule is C=C(C)C(=O)Sc1ccc(CO/C=C/c2ccc(-c3ccc(SC(=O)C(=C)C)cc3)cc2)cc1. The fraction of sp³-hybridized carbons (Fsp3) is 0.103. The van der Waals surface area contributed by atoms with E-state index in [0.29, 0.717) is 17.8 Å². The first-order valence-corrected chi connectivity index (χ1v) is 12.3. The zero-order valence-corrected chi connectivity index (χ0v) is 20.9. The third-order valence-electron chi connectivity index (χ3n) is 4.75. The molecule has 0 amide bonds. The summed E-state index contributed by atoms with van der Waals surface area (Å²) in [6.45, 7) is 11.2. The molecule has 5 heteroatoms. The van der Waals surface area contributed by atoms with Gasteiger partial charge in [-0.05, 0) is 101 Å². The van der Waals surface area contributed by atoms with Crippen molar-refractivity contribution in [1.82, 2.24) is 0 Å². The first-order valence-electron chi connectivity index (χ1n) is 10.6. The molecule has 0 fully saturated rings. The normalized spacial score (nSPS) is 10.8. The van der Waals surface area contributed by atoms with Crippen LogP contribution in [0.4, 0.5) is 0 Å². The Bertz CT molecular complexity index is 1210. The molecule has 3 rings (SSSR count). The van der Waals surface area contributed by atoms with Crippen molar-refractivity contribution in [3.05, 3.63) is 114 Å². The van der Waals surface area contributed by atoms with Crippen molar-refractivity contribution in [3.63, 3.8) is 0 Å². The van der Waals surface area contributed by atoms with Gasteiger partial charge in [0.25, 0.3) is 0 Å². The van der Waals surface area contributed by atoms with Crippen molar-refractivity contribution in [3.8, 4) is 11.1 Å². The standard InChI is InChI=1S/C29H26O3S2/c1-20(2)28(30)33-26-13-7-23(8-14-26)19-32-18-17-22-5-9-24(10-6-22)25-11-15-27(16-12-25)34-29(31)21(3)4/h5-18H,1,3,19H2,2,4H3/b18-17+. The van der Waals surface area contributed by atoms with Crippen molar-refractivity contribution < 1.29 is 14.3 Å². The second kappa shape index (κ2) is 12.3. The van der Waals surface area contributed by atoms with Crippen LogP contribution >= 0.6 is 23.5 Å². The minimum atomic E-state index is -0.0240. The largest absolute Gasteiger partial charge is 0.496 e. The van der Waals surface area contributed by atoms with E-state index in [-0.39, 0.29) is 10.2 Å². The Labute approximate surface area is 209 Å². The van der Waals surface area contributed by atoms with E-state index < -0.39 is 0 Å². The van der Waals surface area contributed by atoms with Crippen LogP contribution in [0.25, 0.3) is 17.2 Å². The average Bonchev–Trinajstić information content (AvgIpc) is 2.83. The van der Waals surface area contributed by atoms with Gasteiger partial charge in [-0.25, -0.2) is 0 Å². The van der Waals surface area contributed by atoms with Gasteiger partial charge in [0.05, 0.1) is 6.26 Å². The quantitative estimate of drug-likeness (QED) is 0.174. The summed E-state index contributed by atoms with van der Waals surface area (Å²) in [5.74, 6) is 0. The zero-order valence-electron chi connectivity index (χ0n) is 19.2. The van der Waals surface area contributed by atoms with Gasteiger partial charge in [0.15, 0.2) is 0 Å². The molecule has 0 atom stereocenters. The Balaban J connectivity index is 1.50. The summed E-state index contributed by atoms with van der Waals surface area (Å²) in [7, 11) is 0. The summed E-state index contributed by atoms with van der Waals surface area (Å²) in [5.41, 5.74) is 5.34. The molecular formula is C29H26O3S2. The maximum Gasteiger partial charge on any atom is 0.219 e. The van der Waals surface area contributed by atoms with Crippen LogP contribution in [0.3, 0.4) is 0 Å². The lowest BCUT2D eigenvalue weighted by molar-refractivity contribution is -0.108. The number of rotatable bonds is 9. The topological polar surface area (TPSA) is 43.4 Å². The van der Waals surface area contributed by atoms with Crippen LogP contribution in [-0.2, 0) is 20.9 Å². The van der Waals surface area contributed by atoms with Crippen molar-refractivity contribution in [2.24, 2.45) is 0 Å². The predicted octanol–water partition coefficient (Wildman–Crippen LogP) is 7.93. The molecule has 0 radical (unpaired) electrons. The maximum absolute atomic E-state index is 11.8. The lowest BCUT2D eigenvalue weighted by Gasteiger charge is -2.05. The third-order valence-corrected chi connectivity index (χ3v) is 6.83. The average molecular weight is 487 g/mol. The third kappa shape index (κ3) is 7.65. The van der Waals surface area contributed by atoms with Crippen molar-refractivity contribution >= 4 is 39.8 Å². The molecule has 0 saturated carbocycles. The van der Waals surface area contributed by atoms with Gasteiger partial charge in [0.1, 0.15) is 6.61 Å². The molecule has 0 aliphatic carbocycles. The van der Waals surface area contributed by atoms with E-state index in [4.69, 9.17) is 4.74 Å². The smallest absolute Gasteiger partial charge is 0.219 e. The Hall–Kier alpha value is -3.28. The second-order valence-corrected chi connectivity index (χ2v) is 9.84. The molecule has 0 spiro atoms. The summed E-state index contributed by atoms with van der Waals surface area (Å²) < 4.78 is 5.65. The molecule has 3 nitrogen and oxygen atoms in total. The number of thioether (sulfide) groups is 2. The highest BCUT2D eigenvalue weighted by Crippen LogP contribution is 2.26. The summed E-state index contributed by atoms with van der Waals surface area (Å²) in [6.07, 6.45) is 3.61. The molecule has 3 aromatic rings. The van der Waals surface area contributed by atoms with E-state index in [9.17, 15) is 9.59 Å². The van der Waals surface area contributed by atoms with Crippen LogP contribution in [0, 0.1) is 0 Å². The number of hydrogen-bond donors (Lipinski definition) is 0. The van der Waals surface area contributed by atoms with E-state index in [2.05, 4.69) is 25.3 Å². The Morgan fingerprint density at radius 3 is 1.65 bits per heavy atom. The molecule has 34 heavy (non-hydrogen) atoms. The Morgan fingerprint density at radius 1 is 0.735 bits per heavy atom. The molecule has 172 valence electrons. The second-order valence-electron chi connectivity index (χ2n) is 7.74. The molecule has 0 bridgehead atoms. The van der Waals surface area contributed by atoms with Gasteiger partial charge in [-0.3, -0.25) is 9.59 Å². The molecule has 0 saturated heterocycles. The van der Waals surface area contributed by atoms with Crippen molar-refractivity contribution in [2.75, 3.05) is 0 Å². The van der Waals surface area contributed by atoms with Crippen LogP contribution in [0.1, 0.15) is 25.0 Å². The number of ether oxygens (including phenoxy) is 1. The van der Waals surface area contributed by atoms with Gasteiger partial charge < -0.3 is 4.74 Å². The number of carbonyl (C=O) groups is 2. The maximum atomic E-state index is 11.8. The highest BCUT2D eigenvalue weighted by Gasteiger charge is 2.06. The van der Waals surface area contributed by atoms with E-state index in [1.165, 1.54) is 23.5 Å². The van der Waals surface area contributed by atoms with E-state index in [0.717, 1.165) is 32.0 Å². The van der Waals surface area contributed by atoms with Crippen LogP contribution in [-0.4, -0.2) is 10.2 Å². The highest BCUT2D eigenvalue weighted by molar-refractivity contribution is 8.14. The zero-order chi connectivity index (χ0) is 24.5. The molecule has 0 N–H and O–H groups in total. The predicted molar refractivity (Wildman–Crippen MR) is 143 cm³/mol. The minimum absolute atomic E-state index is 0.0165. The first kappa shape index (κ1) is 25.3. The van der Waals surface area contributed by atoms with E-state index in [1.807, 2.05) is 66.7 Å². The molecule has 0 aliphatic rings. The Kier molecular flexibility index (Phi) is 9.14. The van der Waals surface area contributed by atoms with Crippen LogP contribution in [0.2, 0.25) is 0 Å². The van der Waals surface area contributed by atoms with Gasteiger partial charge in [-0.15, -0.1) is 0 Å². The molecular weight excluding hydrogens is 460 g/mol. The van der Waals surface area contributed by atoms with E-state index in [1.54, 1.807) is 20.1 Å². The summed E-state index contributed by atoms with van der Waals surface area (Å²) in [6, 6.07) is 23.8. The van der Waals surface area contributed by atoms with Gasteiger partial charge in [-0.2, -0.15) is 0 Å². The van der Waals surface area contributed by atoms with Gasteiger partial charge >= 0.3 is 0 Å². The summed E-state index contributed by atoms with van der Waals surface area (Å²) >= 11 is 2.37. The lowest BCUT2D eigenvalue weighted by Crippen LogP contribution is -1.91. The molecule has 0 aliphatic heterocycles. The van der Waals surface area contributed by atoms with Gasteiger partial charge in [0, 0.05) is 9.79 Å². The molecule has 3 aromatic carbocycles. The van der Waals surface area contributed by atoms with Gasteiger partial charge in [0.2, 0.25) is 10.2 Å². The number of carbonyl (C=O) groups excluding carboxylic acids is 2. The fourth-order valence-corrected chi connectivity index (χ4v) is 4.14. The molecule has 0 heterocycles. The van der Waals surface area contributed by atoms with Crippen molar-refractivity contribution in [1.29, 1.82) is 0 Å². The van der Waals surface area contributed by atoms with E-state index >= 15 is 0 Å². The first-order chi connectivity index (χ1) is 16.3. The summed E-state index contributed by atoms with van der Waals surface area (Å²) in [5, 5.41) is -0.0405. The molecule has 0 unspecified atom stereocenters. The molecule has 0 aromatic heterocycles. The summed E-state index contributed by atoms with van der Waals surface area (Å²) in [4.78, 5) is 25.3. The Morgan fingerprint density at radius 2 is 1.18 bits per heavy atom. The van der Waals surface area contributed by atoms with Crippen molar-refractivity contribution in [2.45, 2.75) is 30.2 Å².